The van der Waals surface area contributed by atoms with Crippen LogP contribution >= 0.6 is 11.8 Å². The molecular formula is C15H17NOS. The molecule has 0 amide bonds. The molecule has 1 unspecified atom stereocenters. The minimum atomic E-state index is 0.0857. The van der Waals surface area contributed by atoms with E-state index in [1.165, 1.54) is 5.56 Å². The molecule has 3 heteroatoms. The highest BCUT2D eigenvalue weighted by molar-refractivity contribution is 7.99. The number of nitrogens with zero attached hydrogens (tertiary/aromatic N) is 1. The van der Waals surface area contributed by atoms with Crippen molar-refractivity contribution in [3.63, 3.8) is 0 Å². The molecule has 0 spiro atoms. The first-order chi connectivity index (χ1) is 8.85. The van der Waals surface area contributed by atoms with Gasteiger partial charge in [0.25, 0.3) is 0 Å². The summed E-state index contributed by atoms with van der Waals surface area (Å²) in [7, 11) is 0. The summed E-state index contributed by atoms with van der Waals surface area (Å²) in [5.74, 6) is 2.03. The molecule has 0 radical (unpaired) electrons. The molecule has 0 bridgehead atoms. The summed E-state index contributed by atoms with van der Waals surface area (Å²) < 4.78 is 0. The zero-order chi connectivity index (χ0) is 12.8. The van der Waals surface area contributed by atoms with Crippen LogP contribution in [0.15, 0.2) is 36.5 Å². The summed E-state index contributed by atoms with van der Waals surface area (Å²) in [6, 6.07) is 10.2. The van der Waals surface area contributed by atoms with Crippen LogP contribution in [0.4, 0.5) is 0 Å². The van der Waals surface area contributed by atoms with E-state index in [9.17, 15) is 4.79 Å². The van der Waals surface area contributed by atoms with Gasteiger partial charge in [0, 0.05) is 23.3 Å². The lowest BCUT2D eigenvalue weighted by atomic mass is 10.00. The van der Waals surface area contributed by atoms with E-state index in [2.05, 4.69) is 30.1 Å². The molecule has 0 aliphatic heterocycles. The van der Waals surface area contributed by atoms with E-state index in [1.54, 1.807) is 0 Å². The molecule has 1 heterocycles. The Morgan fingerprint density at radius 1 is 1.33 bits per heavy atom. The van der Waals surface area contributed by atoms with Crippen LogP contribution in [0, 0.1) is 5.92 Å². The van der Waals surface area contributed by atoms with Crippen LogP contribution in [-0.4, -0.2) is 22.8 Å². The number of benzene rings is 1. The number of rotatable bonds is 6. The van der Waals surface area contributed by atoms with Crippen LogP contribution in [0.2, 0.25) is 0 Å². The molecule has 0 aliphatic carbocycles. The number of para-hydroxylation sites is 1. The van der Waals surface area contributed by atoms with E-state index >= 15 is 0 Å². The molecule has 0 saturated carbocycles. The second-order valence-electron chi connectivity index (χ2n) is 4.25. The summed E-state index contributed by atoms with van der Waals surface area (Å²) in [5.41, 5.74) is 2.19. The Balaban J connectivity index is 2.22. The summed E-state index contributed by atoms with van der Waals surface area (Å²) >= 11 is 1.81. The molecule has 0 fully saturated rings. The van der Waals surface area contributed by atoms with Gasteiger partial charge in [-0.25, -0.2) is 0 Å². The zero-order valence-corrected chi connectivity index (χ0v) is 11.3. The average molecular weight is 259 g/mol. The maximum atomic E-state index is 11.1. The van der Waals surface area contributed by atoms with Gasteiger partial charge in [-0.3, -0.25) is 4.98 Å². The van der Waals surface area contributed by atoms with Crippen molar-refractivity contribution in [1.82, 2.24) is 4.98 Å². The number of carbonyl (C=O) groups excluding carboxylic acids is 1. The van der Waals surface area contributed by atoms with Crippen LogP contribution in [0.1, 0.15) is 12.5 Å². The lowest BCUT2D eigenvalue weighted by Crippen LogP contribution is -2.10. The van der Waals surface area contributed by atoms with Crippen LogP contribution < -0.4 is 0 Å². The number of carbonyl (C=O) groups is 1. The number of aromatic nitrogens is 1. The van der Waals surface area contributed by atoms with Gasteiger partial charge in [0.1, 0.15) is 6.29 Å². The Labute approximate surface area is 112 Å². The normalized spacial score (nSPS) is 12.5. The minimum Gasteiger partial charge on any atom is -0.303 e. The Bertz CT molecular complexity index is 521. The SMILES string of the molecule is CCSCC(C=O)Cc1cccc2cccnc12. The highest BCUT2D eigenvalue weighted by Gasteiger charge is 2.11. The number of aldehydes is 1. The van der Waals surface area contributed by atoms with E-state index in [0.29, 0.717) is 0 Å². The first-order valence-electron chi connectivity index (χ1n) is 6.20. The smallest absolute Gasteiger partial charge is 0.124 e. The van der Waals surface area contributed by atoms with E-state index in [-0.39, 0.29) is 5.92 Å². The van der Waals surface area contributed by atoms with Gasteiger partial charge in [0.2, 0.25) is 0 Å². The van der Waals surface area contributed by atoms with Gasteiger partial charge in [0.05, 0.1) is 5.52 Å². The van der Waals surface area contributed by atoms with Gasteiger partial charge >= 0.3 is 0 Å². The minimum absolute atomic E-state index is 0.0857. The Hall–Kier alpha value is -1.35. The van der Waals surface area contributed by atoms with Gasteiger partial charge in [-0.15, -0.1) is 0 Å². The molecule has 2 aromatic rings. The lowest BCUT2D eigenvalue weighted by molar-refractivity contribution is -0.110. The van der Waals surface area contributed by atoms with Gasteiger partial charge in [-0.2, -0.15) is 11.8 Å². The molecule has 1 atom stereocenters. The molecule has 0 N–H and O–H groups in total. The van der Waals surface area contributed by atoms with Crippen molar-refractivity contribution in [2.45, 2.75) is 13.3 Å². The van der Waals surface area contributed by atoms with Crippen LogP contribution in [0.3, 0.4) is 0 Å². The topological polar surface area (TPSA) is 30.0 Å². The summed E-state index contributed by atoms with van der Waals surface area (Å²) in [4.78, 5) is 15.5. The highest BCUT2D eigenvalue weighted by atomic mass is 32.2. The third-order valence-corrected chi connectivity index (χ3v) is 4.00. The highest BCUT2D eigenvalue weighted by Crippen LogP contribution is 2.20. The third-order valence-electron chi connectivity index (χ3n) is 2.93. The van der Waals surface area contributed by atoms with Crippen molar-refractivity contribution in [2.24, 2.45) is 5.92 Å². The zero-order valence-electron chi connectivity index (χ0n) is 10.5. The molecule has 1 aromatic carbocycles. The Kier molecular flexibility index (Phi) is 4.76. The molecule has 0 aliphatic rings. The lowest BCUT2D eigenvalue weighted by Gasteiger charge is -2.11. The fraction of sp³-hybridized carbons (Fsp3) is 0.333. The van der Waals surface area contributed by atoms with Gasteiger partial charge in [0.15, 0.2) is 0 Å². The number of fused-ring (bicyclic) bond motifs is 1. The average Bonchev–Trinajstić information content (AvgIpc) is 2.43. The fourth-order valence-electron chi connectivity index (χ4n) is 2.03. The molecular weight excluding hydrogens is 242 g/mol. The van der Waals surface area contributed by atoms with Gasteiger partial charge in [-0.05, 0) is 23.8 Å². The molecule has 1 aromatic heterocycles. The number of hydrogen-bond donors (Lipinski definition) is 0. The third kappa shape index (κ3) is 3.10. The van der Waals surface area contributed by atoms with Crippen molar-refractivity contribution >= 4 is 29.0 Å². The van der Waals surface area contributed by atoms with E-state index in [0.717, 1.165) is 35.1 Å². The summed E-state index contributed by atoms with van der Waals surface area (Å²) in [5, 5.41) is 1.14. The Morgan fingerprint density at radius 3 is 2.94 bits per heavy atom. The molecule has 94 valence electrons. The standard InChI is InChI=1S/C15H17NOS/c1-2-18-11-12(10-17)9-14-6-3-5-13-7-4-8-16-15(13)14/h3-8,10,12H,2,9,11H2,1H3. The predicted molar refractivity (Wildman–Crippen MR) is 78.0 cm³/mol. The second-order valence-corrected chi connectivity index (χ2v) is 5.57. The number of thioether (sulfide) groups is 1. The van der Waals surface area contributed by atoms with E-state index < -0.39 is 0 Å². The second kappa shape index (κ2) is 6.55. The van der Waals surface area contributed by atoms with Crippen LogP contribution in [0.5, 0.6) is 0 Å². The summed E-state index contributed by atoms with van der Waals surface area (Å²) in [6.07, 6.45) is 3.66. The molecule has 0 saturated heterocycles. The van der Waals surface area contributed by atoms with Crippen LogP contribution in [-0.2, 0) is 11.2 Å². The maximum Gasteiger partial charge on any atom is 0.124 e. The molecule has 2 nitrogen and oxygen atoms in total. The van der Waals surface area contributed by atoms with Gasteiger partial charge in [-0.1, -0.05) is 31.2 Å². The maximum absolute atomic E-state index is 11.1. The van der Waals surface area contributed by atoms with Gasteiger partial charge < -0.3 is 4.79 Å². The van der Waals surface area contributed by atoms with Crippen molar-refractivity contribution in [3.8, 4) is 0 Å². The van der Waals surface area contributed by atoms with Crippen LogP contribution in [0.25, 0.3) is 10.9 Å². The predicted octanol–water partition coefficient (Wildman–Crippen LogP) is 3.35. The largest absolute Gasteiger partial charge is 0.303 e. The monoisotopic (exact) mass is 259 g/mol. The van der Waals surface area contributed by atoms with Crippen molar-refractivity contribution in [1.29, 1.82) is 0 Å². The van der Waals surface area contributed by atoms with Crippen molar-refractivity contribution in [2.75, 3.05) is 11.5 Å². The van der Waals surface area contributed by atoms with E-state index in [4.69, 9.17) is 0 Å². The number of hydrogen-bond acceptors (Lipinski definition) is 3. The molecule has 2 rings (SSSR count). The first-order valence-corrected chi connectivity index (χ1v) is 7.36. The quantitative estimate of drug-likeness (QED) is 0.745. The van der Waals surface area contributed by atoms with E-state index in [1.807, 2.05) is 30.1 Å². The fourth-order valence-corrected chi connectivity index (χ4v) is 2.77. The van der Waals surface area contributed by atoms with Crippen molar-refractivity contribution in [3.05, 3.63) is 42.1 Å². The van der Waals surface area contributed by atoms with Crippen molar-refractivity contribution < 1.29 is 4.79 Å². The Morgan fingerprint density at radius 2 is 2.17 bits per heavy atom. The number of pyridine rings is 1. The summed E-state index contributed by atoms with van der Waals surface area (Å²) in [6.45, 7) is 2.12. The first kappa shape index (κ1) is 13.1. The molecule has 18 heavy (non-hydrogen) atoms.